The summed E-state index contributed by atoms with van der Waals surface area (Å²) in [6, 6.07) is 12.9. The lowest BCUT2D eigenvalue weighted by Crippen LogP contribution is -2.25. The van der Waals surface area contributed by atoms with Gasteiger partial charge in [0.2, 0.25) is 0 Å². The van der Waals surface area contributed by atoms with Gasteiger partial charge in [-0.2, -0.15) is 0 Å². The van der Waals surface area contributed by atoms with Gasteiger partial charge >= 0.3 is 5.97 Å². The zero-order valence-corrected chi connectivity index (χ0v) is 18.6. The standard InChI is InChI=1S/C26H27N3O3/c1-4-7-20(5-2)29-24(18-14-15-18)28-22-9-6-8-21(23(22)25(29)30)27-16-17-10-12-19(13-11-17)26(31)32-3/h4-13,18,27H,14-16H2,1-3H3/b7-4-,20-5+. The van der Waals surface area contributed by atoms with Gasteiger partial charge in [-0.15, -0.1) is 0 Å². The van der Waals surface area contributed by atoms with Crippen LogP contribution in [0.3, 0.4) is 0 Å². The molecule has 1 aliphatic carbocycles. The SMILES string of the molecule is C/C=C\C(=C/C)n1c(C2CC2)nc2cccc(NCc3ccc(C(=O)OC)cc3)c2c1=O. The maximum Gasteiger partial charge on any atom is 0.337 e. The van der Waals surface area contributed by atoms with Crippen molar-refractivity contribution in [1.29, 1.82) is 0 Å². The second-order valence-electron chi connectivity index (χ2n) is 7.84. The van der Waals surface area contributed by atoms with Gasteiger partial charge in [0.25, 0.3) is 5.56 Å². The highest BCUT2D eigenvalue weighted by Crippen LogP contribution is 2.40. The molecular weight excluding hydrogens is 402 g/mol. The first-order chi connectivity index (χ1) is 15.6. The Kier molecular flexibility index (Phi) is 6.21. The van der Waals surface area contributed by atoms with E-state index in [1.807, 2.05) is 62.4 Å². The number of methoxy groups -OCH3 is 1. The number of nitrogens with one attached hydrogen (secondary N) is 1. The molecule has 1 aromatic heterocycles. The molecule has 1 saturated carbocycles. The largest absolute Gasteiger partial charge is 0.465 e. The molecule has 0 atom stereocenters. The topological polar surface area (TPSA) is 73.2 Å². The molecule has 0 saturated heterocycles. The fraction of sp³-hybridized carbons (Fsp3) is 0.269. The summed E-state index contributed by atoms with van der Waals surface area (Å²) in [4.78, 5) is 30.2. The maximum absolute atomic E-state index is 13.7. The van der Waals surface area contributed by atoms with Crippen molar-refractivity contribution >= 4 is 28.3 Å². The third-order valence-corrected chi connectivity index (χ3v) is 5.62. The van der Waals surface area contributed by atoms with E-state index >= 15 is 0 Å². The maximum atomic E-state index is 13.7. The van der Waals surface area contributed by atoms with Crippen molar-refractivity contribution in [2.45, 2.75) is 39.2 Å². The number of anilines is 1. The molecule has 32 heavy (non-hydrogen) atoms. The zero-order valence-electron chi connectivity index (χ0n) is 18.6. The van der Waals surface area contributed by atoms with Crippen LogP contribution in [-0.2, 0) is 11.3 Å². The fourth-order valence-corrected chi connectivity index (χ4v) is 3.80. The summed E-state index contributed by atoms with van der Waals surface area (Å²) in [6.45, 7) is 4.39. The van der Waals surface area contributed by atoms with Gasteiger partial charge in [0, 0.05) is 23.8 Å². The van der Waals surface area contributed by atoms with Crippen LogP contribution < -0.4 is 10.9 Å². The molecule has 0 amide bonds. The molecule has 6 nitrogen and oxygen atoms in total. The third kappa shape index (κ3) is 4.21. The smallest absolute Gasteiger partial charge is 0.337 e. The Morgan fingerprint density at radius 3 is 2.56 bits per heavy atom. The highest BCUT2D eigenvalue weighted by molar-refractivity contribution is 5.91. The molecule has 1 aliphatic rings. The Morgan fingerprint density at radius 1 is 1.19 bits per heavy atom. The number of fused-ring (bicyclic) bond motifs is 1. The second-order valence-corrected chi connectivity index (χ2v) is 7.84. The first kappa shape index (κ1) is 21.6. The Hall–Kier alpha value is -3.67. The van der Waals surface area contributed by atoms with Gasteiger partial charge in [0.15, 0.2) is 0 Å². The minimum absolute atomic E-state index is 0.0627. The molecule has 1 N–H and O–H groups in total. The molecule has 0 aliphatic heterocycles. The lowest BCUT2D eigenvalue weighted by molar-refractivity contribution is 0.0600. The molecule has 0 bridgehead atoms. The van der Waals surface area contributed by atoms with Crippen LogP contribution >= 0.6 is 0 Å². The number of benzene rings is 2. The number of esters is 1. The number of nitrogens with zero attached hydrogens (tertiary/aromatic N) is 2. The van der Waals surface area contributed by atoms with Crippen LogP contribution in [0.5, 0.6) is 0 Å². The van der Waals surface area contributed by atoms with Gasteiger partial charge in [-0.25, -0.2) is 9.78 Å². The molecule has 164 valence electrons. The normalized spacial score (nSPS) is 14.2. The average Bonchev–Trinajstić information content (AvgIpc) is 3.66. The summed E-state index contributed by atoms with van der Waals surface area (Å²) in [5.41, 5.74) is 3.71. The van der Waals surface area contributed by atoms with Crippen molar-refractivity contribution in [1.82, 2.24) is 9.55 Å². The van der Waals surface area contributed by atoms with Gasteiger partial charge in [-0.1, -0.05) is 30.4 Å². The van der Waals surface area contributed by atoms with Crippen molar-refractivity contribution < 1.29 is 9.53 Å². The number of allylic oxidation sites excluding steroid dienone is 4. The van der Waals surface area contributed by atoms with Crippen LogP contribution in [0.25, 0.3) is 16.6 Å². The predicted molar refractivity (Wildman–Crippen MR) is 128 cm³/mol. The van der Waals surface area contributed by atoms with E-state index in [2.05, 4.69) is 5.32 Å². The molecule has 0 radical (unpaired) electrons. The summed E-state index contributed by atoms with van der Waals surface area (Å²) < 4.78 is 6.51. The molecule has 4 rings (SSSR count). The van der Waals surface area contributed by atoms with E-state index in [-0.39, 0.29) is 11.5 Å². The average molecular weight is 430 g/mol. The van der Waals surface area contributed by atoms with Crippen molar-refractivity contribution in [3.8, 4) is 0 Å². The van der Waals surface area contributed by atoms with E-state index in [4.69, 9.17) is 9.72 Å². The minimum atomic E-state index is -0.363. The van der Waals surface area contributed by atoms with Crippen LogP contribution in [0.2, 0.25) is 0 Å². The molecule has 1 heterocycles. The summed E-state index contributed by atoms with van der Waals surface area (Å²) in [7, 11) is 1.36. The lowest BCUT2D eigenvalue weighted by Gasteiger charge is -2.16. The fourth-order valence-electron chi connectivity index (χ4n) is 3.80. The molecular formula is C26H27N3O3. The first-order valence-electron chi connectivity index (χ1n) is 10.8. The predicted octanol–water partition coefficient (Wildman–Crippen LogP) is 5.11. The molecule has 0 spiro atoms. The number of ether oxygens (including phenoxy) is 1. The van der Waals surface area contributed by atoms with Crippen LogP contribution in [0.4, 0.5) is 5.69 Å². The number of aromatic nitrogens is 2. The van der Waals surface area contributed by atoms with Crippen LogP contribution in [0, 0.1) is 0 Å². The Morgan fingerprint density at radius 2 is 1.94 bits per heavy atom. The monoisotopic (exact) mass is 429 g/mol. The van der Waals surface area contributed by atoms with Gasteiger partial charge in [-0.3, -0.25) is 9.36 Å². The minimum Gasteiger partial charge on any atom is -0.465 e. The quantitative estimate of drug-likeness (QED) is 0.417. The van der Waals surface area contributed by atoms with Gasteiger partial charge < -0.3 is 10.1 Å². The number of rotatable bonds is 7. The summed E-state index contributed by atoms with van der Waals surface area (Å²) in [5, 5.41) is 3.96. The Bertz CT molecular complexity index is 1270. The highest BCUT2D eigenvalue weighted by Gasteiger charge is 2.30. The Balaban J connectivity index is 1.73. The number of carbonyl (C=O) groups excluding carboxylic acids is 1. The molecule has 2 aromatic carbocycles. The zero-order chi connectivity index (χ0) is 22.7. The van der Waals surface area contributed by atoms with Gasteiger partial charge in [0.1, 0.15) is 5.82 Å². The molecule has 3 aromatic rings. The van der Waals surface area contributed by atoms with Crippen LogP contribution in [0.1, 0.15) is 54.4 Å². The summed E-state index contributed by atoms with van der Waals surface area (Å²) >= 11 is 0. The first-order valence-corrected chi connectivity index (χ1v) is 10.8. The van der Waals surface area contributed by atoms with E-state index < -0.39 is 0 Å². The molecule has 1 fully saturated rings. The van der Waals surface area contributed by atoms with E-state index in [1.54, 1.807) is 16.7 Å². The van der Waals surface area contributed by atoms with Crippen LogP contribution in [0.15, 0.2) is 65.5 Å². The third-order valence-electron chi connectivity index (χ3n) is 5.62. The van der Waals surface area contributed by atoms with E-state index in [9.17, 15) is 9.59 Å². The summed E-state index contributed by atoms with van der Waals surface area (Å²) in [5.74, 6) is 0.805. The summed E-state index contributed by atoms with van der Waals surface area (Å²) in [6.07, 6.45) is 7.94. The van der Waals surface area contributed by atoms with Gasteiger partial charge in [0.05, 0.1) is 23.6 Å². The van der Waals surface area contributed by atoms with Gasteiger partial charge in [-0.05, 0) is 62.6 Å². The second kappa shape index (κ2) is 9.22. The van der Waals surface area contributed by atoms with Crippen molar-refractivity contribution in [2.24, 2.45) is 0 Å². The van der Waals surface area contributed by atoms with E-state index in [0.717, 1.165) is 35.6 Å². The van der Waals surface area contributed by atoms with Crippen molar-refractivity contribution in [3.05, 3.63) is 88.0 Å². The number of hydrogen-bond donors (Lipinski definition) is 1. The van der Waals surface area contributed by atoms with Crippen molar-refractivity contribution in [2.75, 3.05) is 12.4 Å². The van der Waals surface area contributed by atoms with Crippen molar-refractivity contribution in [3.63, 3.8) is 0 Å². The molecule has 6 heteroatoms. The van der Waals surface area contributed by atoms with Crippen LogP contribution in [-0.4, -0.2) is 22.6 Å². The number of carbonyl (C=O) groups is 1. The lowest BCUT2D eigenvalue weighted by atomic mass is 10.1. The Labute approximate surface area is 187 Å². The highest BCUT2D eigenvalue weighted by atomic mass is 16.5. The molecule has 0 unspecified atom stereocenters. The number of hydrogen-bond acceptors (Lipinski definition) is 5. The van der Waals surface area contributed by atoms with E-state index in [1.165, 1.54) is 7.11 Å². The van der Waals surface area contributed by atoms with E-state index in [0.29, 0.717) is 28.9 Å².